The number of Topliss-reactive ketones (excluding diaryl/α,β-unsaturated/α-hetero) is 1. The van der Waals surface area contributed by atoms with Gasteiger partial charge >= 0.3 is 5.97 Å². The Labute approximate surface area is 233 Å². The first-order valence-electron chi connectivity index (χ1n) is 13.6. The number of aromatic hydroxyl groups is 3. The average Bonchev–Trinajstić information content (AvgIpc) is 3.27. The number of phenolic OH excluding ortho intramolecular Hbond substituents is 3. The Balaban J connectivity index is 0.000000185. The minimum Gasteiger partial charge on any atom is -0.508 e. The molecule has 40 heavy (non-hydrogen) atoms. The van der Waals surface area contributed by atoms with Gasteiger partial charge in [0.1, 0.15) is 34.7 Å². The Morgan fingerprint density at radius 1 is 0.900 bits per heavy atom. The lowest BCUT2D eigenvalue weighted by Crippen LogP contribution is -2.21. The lowest BCUT2D eigenvalue weighted by Gasteiger charge is -2.26. The highest BCUT2D eigenvalue weighted by Gasteiger charge is 2.35. The first kappa shape index (κ1) is 29.2. The van der Waals surface area contributed by atoms with Crippen LogP contribution in [0.25, 0.3) is 0 Å². The highest BCUT2D eigenvalue weighted by atomic mass is 16.5. The molecule has 5 rings (SSSR count). The van der Waals surface area contributed by atoms with Gasteiger partial charge in [-0.3, -0.25) is 4.79 Å². The minimum atomic E-state index is -0.717. The van der Waals surface area contributed by atoms with Crippen molar-refractivity contribution >= 4 is 11.8 Å². The molecule has 6 atom stereocenters. The number of ketones is 1. The Morgan fingerprint density at radius 2 is 1.65 bits per heavy atom. The van der Waals surface area contributed by atoms with Crippen LogP contribution in [0.1, 0.15) is 67.5 Å². The molecule has 9 heteroatoms. The van der Waals surface area contributed by atoms with Gasteiger partial charge in [-0.2, -0.15) is 0 Å². The van der Waals surface area contributed by atoms with Gasteiger partial charge in [0.25, 0.3) is 0 Å². The number of rotatable bonds is 1. The van der Waals surface area contributed by atoms with Crippen molar-refractivity contribution in [3.05, 3.63) is 71.8 Å². The van der Waals surface area contributed by atoms with Gasteiger partial charge in [-0.15, -0.1) is 0 Å². The third kappa shape index (κ3) is 7.43. The van der Waals surface area contributed by atoms with Gasteiger partial charge in [-0.25, -0.2) is 4.79 Å². The highest BCUT2D eigenvalue weighted by molar-refractivity contribution is 6.02. The quantitative estimate of drug-likeness (QED) is 0.255. The third-order valence-corrected chi connectivity index (χ3v) is 7.44. The SMILES string of the molecule is C[C@H]1CCC/C=C/[C@@H]2C[C@H](O)C[C@H]2[C@@H](O)/C=C/C(=O)O1.O=C1C[C@@H](c2ccc(O)cc2)Oc2cc(O)cc(O)c21. The van der Waals surface area contributed by atoms with Gasteiger partial charge in [0.05, 0.1) is 24.7 Å². The van der Waals surface area contributed by atoms with Crippen LogP contribution in [0.3, 0.4) is 0 Å². The van der Waals surface area contributed by atoms with Crippen LogP contribution in [0.15, 0.2) is 60.7 Å². The summed E-state index contributed by atoms with van der Waals surface area (Å²) >= 11 is 0. The number of aliphatic hydroxyl groups excluding tert-OH is 2. The van der Waals surface area contributed by atoms with Gasteiger partial charge in [-0.1, -0.05) is 24.3 Å². The van der Waals surface area contributed by atoms with E-state index in [-0.39, 0.29) is 64.8 Å². The fourth-order valence-electron chi connectivity index (χ4n) is 5.40. The van der Waals surface area contributed by atoms with Crippen molar-refractivity contribution in [2.45, 2.75) is 69.9 Å². The molecule has 0 amide bonds. The maximum atomic E-state index is 12.1. The molecule has 2 aromatic rings. The number of hydrogen-bond acceptors (Lipinski definition) is 9. The first-order valence-corrected chi connectivity index (χ1v) is 13.6. The molecule has 214 valence electrons. The number of ether oxygens (including phenoxy) is 2. The van der Waals surface area contributed by atoms with Crippen LogP contribution in [0.4, 0.5) is 0 Å². The Morgan fingerprint density at radius 3 is 2.40 bits per heavy atom. The van der Waals surface area contributed by atoms with Crippen molar-refractivity contribution in [2.24, 2.45) is 11.8 Å². The number of aliphatic hydroxyl groups is 2. The summed E-state index contributed by atoms with van der Waals surface area (Å²) in [5.74, 6) is -0.652. The Kier molecular flexibility index (Phi) is 9.50. The molecule has 2 heterocycles. The van der Waals surface area contributed by atoms with Crippen LogP contribution >= 0.6 is 0 Å². The lowest BCUT2D eigenvalue weighted by atomic mass is 9.90. The number of fused-ring (bicyclic) bond motifs is 2. The van der Waals surface area contributed by atoms with Crippen LogP contribution in [-0.4, -0.2) is 55.6 Å². The molecule has 2 aliphatic heterocycles. The van der Waals surface area contributed by atoms with E-state index >= 15 is 0 Å². The van der Waals surface area contributed by atoms with Crippen molar-refractivity contribution in [3.63, 3.8) is 0 Å². The van der Waals surface area contributed by atoms with Gasteiger partial charge in [0, 0.05) is 18.2 Å². The number of cyclic esters (lactones) is 1. The number of benzene rings is 2. The van der Waals surface area contributed by atoms with Crippen LogP contribution < -0.4 is 4.74 Å². The van der Waals surface area contributed by atoms with Gasteiger partial charge in [0.2, 0.25) is 0 Å². The fraction of sp³-hybridized carbons (Fsp3) is 0.419. The molecule has 9 nitrogen and oxygen atoms in total. The summed E-state index contributed by atoms with van der Waals surface area (Å²) in [6, 6.07) is 8.78. The van der Waals surface area contributed by atoms with Crippen molar-refractivity contribution in [2.75, 3.05) is 0 Å². The summed E-state index contributed by atoms with van der Waals surface area (Å²) in [6.07, 6.45) is 9.46. The average molecular weight is 553 g/mol. The molecule has 0 spiro atoms. The summed E-state index contributed by atoms with van der Waals surface area (Å²) in [6.45, 7) is 1.89. The monoisotopic (exact) mass is 552 g/mol. The van der Waals surface area contributed by atoms with Crippen LogP contribution in [0, 0.1) is 11.8 Å². The zero-order chi connectivity index (χ0) is 28.8. The molecule has 0 bridgehead atoms. The molecule has 0 aromatic heterocycles. The molecule has 5 N–H and O–H groups in total. The summed E-state index contributed by atoms with van der Waals surface area (Å²) in [5, 5.41) is 48.4. The molecular formula is C31H36O9. The number of hydrogen-bond donors (Lipinski definition) is 5. The second kappa shape index (κ2) is 13.0. The molecule has 1 aliphatic carbocycles. The number of carbonyl (C=O) groups is 2. The van der Waals surface area contributed by atoms with E-state index in [0.29, 0.717) is 12.8 Å². The fourth-order valence-corrected chi connectivity index (χ4v) is 5.40. The zero-order valence-corrected chi connectivity index (χ0v) is 22.3. The molecule has 1 fully saturated rings. The molecule has 0 saturated heterocycles. The predicted molar refractivity (Wildman–Crippen MR) is 146 cm³/mol. The zero-order valence-electron chi connectivity index (χ0n) is 22.3. The highest BCUT2D eigenvalue weighted by Crippen LogP contribution is 2.41. The van der Waals surface area contributed by atoms with Gasteiger partial charge < -0.3 is 35.0 Å². The van der Waals surface area contributed by atoms with Gasteiger partial charge in [-0.05, 0) is 74.6 Å². The predicted octanol–water partition coefficient (Wildman–Crippen LogP) is 4.47. The van der Waals surface area contributed by atoms with E-state index in [2.05, 4.69) is 12.2 Å². The summed E-state index contributed by atoms with van der Waals surface area (Å²) in [5.41, 5.74) is 0.836. The van der Waals surface area contributed by atoms with Crippen LogP contribution in [-0.2, 0) is 9.53 Å². The maximum absolute atomic E-state index is 12.1. The van der Waals surface area contributed by atoms with E-state index in [1.165, 1.54) is 30.4 Å². The summed E-state index contributed by atoms with van der Waals surface area (Å²) in [4.78, 5) is 23.7. The normalized spacial score (nSPS) is 30.0. The standard InChI is InChI=1S/C16H24O4.C15H12O5/c1-11-5-3-2-4-6-12-9-13(17)10-14(12)15(18)7-8-16(19)20-11;16-9-3-1-8(2-4-9)13-7-12(19)15-11(18)5-10(17)6-14(15)20-13/h4,6-8,11-15,17-18H,2-3,5,9-10H2,1H3;1-6,13,16-18H,7H2/b6-4+,8-7+;/t11-,12+,13-,14+,15-;13-/m00/s1. The van der Waals surface area contributed by atoms with E-state index in [9.17, 15) is 35.1 Å². The molecule has 0 radical (unpaired) electrons. The second-order valence-corrected chi connectivity index (χ2v) is 10.6. The van der Waals surface area contributed by atoms with Crippen molar-refractivity contribution in [1.29, 1.82) is 0 Å². The number of phenols is 3. The summed E-state index contributed by atoms with van der Waals surface area (Å²) < 4.78 is 10.9. The maximum Gasteiger partial charge on any atom is 0.330 e. The molecular weight excluding hydrogens is 516 g/mol. The van der Waals surface area contributed by atoms with E-state index in [1.54, 1.807) is 12.1 Å². The van der Waals surface area contributed by atoms with Crippen molar-refractivity contribution in [3.8, 4) is 23.0 Å². The Bertz CT molecular complexity index is 1250. The third-order valence-electron chi connectivity index (χ3n) is 7.44. The minimum absolute atomic E-state index is 0.0246. The second-order valence-electron chi connectivity index (χ2n) is 10.6. The van der Waals surface area contributed by atoms with Gasteiger partial charge in [0.15, 0.2) is 5.78 Å². The van der Waals surface area contributed by atoms with Crippen molar-refractivity contribution < 1.29 is 44.6 Å². The number of carbonyl (C=O) groups excluding carboxylic acids is 2. The molecule has 3 aliphatic rings. The topological polar surface area (TPSA) is 154 Å². The van der Waals surface area contributed by atoms with Crippen LogP contribution in [0.2, 0.25) is 0 Å². The Hall–Kier alpha value is -3.82. The largest absolute Gasteiger partial charge is 0.508 e. The first-order chi connectivity index (χ1) is 19.1. The molecule has 0 unspecified atom stereocenters. The number of esters is 1. The smallest absolute Gasteiger partial charge is 0.330 e. The summed E-state index contributed by atoms with van der Waals surface area (Å²) in [7, 11) is 0. The van der Waals surface area contributed by atoms with E-state index < -0.39 is 18.2 Å². The van der Waals surface area contributed by atoms with Crippen molar-refractivity contribution in [1.82, 2.24) is 0 Å². The molecule has 1 saturated carbocycles. The lowest BCUT2D eigenvalue weighted by molar-refractivity contribution is -0.142. The number of allylic oxidation sites excluding steroid dienone is 2. The van der Waals surface area contributed by atoms with E-state index in [1.807, 2.05) is 6.92 Å². The van der Waals surface area contributed by atoms with E-state index in [0.717, 1.165) is 30.9 Å². The molecule has 2 aromatic carbocycles. The van der Waals surface area contributed by atoms with E-state index in [4.69, 9.17) is 9.47 Å². The van der Waals surface area contributed by atoms with Crippen LogP contribution in [0.5, 0.6) is 23.0 Å².